The molecule has 0 spiro atoms. The summed E-state index contributed by atoms with van der Waals surface area (Å²) >= 11 is 11.8. The van der Waals surface area contributed by atoms with Gasteiger partial charge in [-0.1, -0.05) is 42.3 Å². The van der Waals surface area contributed by atoms with Crippen LogP contribution in [0.2, 0.25) is 10.0 Å². The summed E-state index contributed by atoms with van der Waals surface area (Å²) in [5.74, 6) is -0.383. The van der Waals surface area contributed by atoms with Crippen LogP contribution < -0.4 is 10.6 Å². The van der Waals surface area contributed by atoms with E-state index in [-0.39, 0.29) is 24.3 Å². The molecule has 2 amide bonds. The molecule has 0 aliphatic rings. The number of carbonyl (C=O) groups excluding carboxylic acids is 2. The molecule has 0 radical (unpaired) electrons. The molecular formula is C14H15Cl2N5O2. The fraction of sp³-hybridized carbons (Fsp3) is 0.286. The monoisotopic (exact) mass is 355 g/mol. The first-order valence-electron chi connectivity index (χ1n) is 6.81. The van der Waals surface area contributed by atoms with E-state index in [1.807, 2.05) is 0 Å². The molecule has 23 heavy (non-hydrogen) atoms. The highest BCUT2D eigenvalue weighted by atomic mass is 35.5. The number of nitrogens with zero attached hydrogens (tertiary/aromatic N) is 3. The third-order valence-electron chi connectivity index (χ3n) is 2.83. The average molecular weight is 356 g/mol. The summed E-state index contributed by atoms with van der Waals surface area (Å²) in [6, 6.07) is 4.77. The number of amides is 2. The minimum Gasteiger partial charge on any atom is -0.323 e. The van der Waals surface area contributed by atoms with Crippen LogP contribution in [0.4, 0.5) is 11.5 Å². The first-order chi connectivity index (χ1) is 10.8. The quantitative estimate of drug-likeness (QED) is 0.862. The van der Waals surface area contributed by atoms with Gasteiger partial charge >= 0.3 is 0 Å². The van der Waals surface area contributed by atoms with Crippen molar-refractivity contribution in [3.05, 3.63) is 34.4 Å². The molecule has 0 saturated carbocycles. The molecule has 7 nitrogen and oxygen atoms in total. The van der Waals surface area contributed by atoms with E-state index in [2.05, 4.69) is 20.9 Å². The maximum Gasteiger partial charge on any atom is 0.246 e. The normalized spacial score (nSPS) is 10.7. The largest absolute Gasteiger partial charge is 0.323 e. The van der Waals surface area contributed by atoms with E-state index in [9.17, 15) is 9.59 Å². The van der Waals surface area contributed by atoms with Crippen LogP contribution in [0.5, 0.6) is 0 Å². The molecule has 122 valence electrons. The van der Waals surface area contributed by atoms with E-state index in [0.29, 0.717) is 21.6 Å². The first-order valence-corrected chi connectivity index (χ1v) is 7.56. The van der Waals surface area contributed by atoms with Crippen LogP contribution >= 0.6 is 23.2 Å². The number of halogens is 2. The maximum atomic E-state index is 12.0. The lowest BCUT2D eigenvalue weighted by molar-refractivity contribution is -0.119. The third kappa shape index (κ3) is 4.94. The average Bonchev–Trinajstić information content (AvgIpc) is 2.89. The molecule has 0 atom stereocenters. The van der Waals surface area contributed by atoms with Gasteiger partial charge in [0.15, 0.2) is 5.82 Å². The molecule has 0 saturated heterocycles. The van der Waals surface area contributed by atoms with Gasteiger partial charge in [0, 0.05) is 10.9 Å². The Bertz CT molecular complexity index is 730. The van der Waals surface area contributed by atoms with Crippen LogP contribution in [0, 0.1) is 5.92 Å². The Morgan fingerprint density at radius 3 is 2.65 bits per heavy atom. The van der Waals surface area contributed by atoms with Crippen molar-refractivity contribution in [3.8, 4) is 0 Å². The third-order valence-corrected chi connectivity index (χ3v) is 3.37. The van der Waals surface area contributed by atoms with Crippen molar-refractivity contribution in [2.45, 2.75) is 20.4 Å². The number of benzene rings is 1. The van der Waals surface area contributed by atoms with Gasteiger partial charge < -0.3 is 10.6 Å². The lowest BCUT2D eigenvalue weighted by Crippen LogP contribution is -2.19. The Morgan fingerprint density at radius 1 is 1.26 bits per heavy atom. The van der Waals surface area contributed by atoms with Gasteiger partial charge in [0.2, 0.25) is 11.8 Å². The van der Waals surface area contributed by atoms with Gasteiger partial charge in [0.1, 0.15) is 6.54 Å². The summed E-state index contributed by atoms with van der Waals surface area (Å²) in [4.78, 5) is 23.5. The van der Waals surface area contributed by atoms with Gasteiger partial charge in [-0.15, -0.1) is 5.10 Å². The summed E-state index contributed by atoms with van der Waals surface area (Å²) in [5, 5.41) is 13.6. The van der Waals surface area contributed by atoms with Gasteiger partial charge in [0.25, 0.3) is 0 Å². The topological polar surface area (TPSA) is 88.9 Å². The van der Waals surface area contributed by atoms with E-state index in [1.54, 1.807) is 26.0 Å². The minimum atomic E-state index is -0.333. The second-order valence-corrected chi connectivity index (χ2v) is 5.96. The van der Waals surface area contributed by atoms with Crippen molar-refractivity contribution in [1.29, 1.82) is 0 Å². The van der Waals surface area contributed by atoms with Crippen LogP contribution in [-0.4, -0.2) is 26.8 Å². The molecular weight excluding hydrogens is 341 g/mol. The van der Waals surface area contributed by atoms with Crippen molar-refractivity contribution < 1.29 is 9.59 Å². The molecule has 0 bridgehead atoms. The summed E-state index contributed by atoms with van der Waals surface area (Å²) in [6.07, 6.45) is 1.48. The van der Waals surface area contributed by atoms with Crippen molar-refractivity contribution in [1.82, 2.24) is 15.0 Å². The first kappa shape index (κ1) is 17.2. The number of anilines is 2. The standard InChI is InChI=1S/C14H15Cl2N5O2/c1-8(2)14(23)18-12-6-21(20-19-12)7-13(22)17-11-4-3-9(15)5-10(11)16/h3-6,8H,7H2,1-2H3,(H,17,22)(H,18,23). The molecule has 2 aromatic rings. The SMILES string of the molecule is CC(C)C(=O)Nc1cn(CC(=O)Nc2ccc(Cl)cc2Cl)nn1. The van der Waals surface area contributed by atoms with E-state index in [4.69, 9.17) is 23.2 Å². The van der Waals surface area contributed by atoms with Gasteiger partial charge in [-0.2, -0.15) is 0 Å². The van der Waals surface area contributed by atoms with Crippen LogP contribution in [-0.2, 0) is 16.1 Å². The van der Waals surface area contributed by atoms with Gasteiger partial charge in [-0.05, 0) is 18.2 Å². The van der Waals surface area contributed by atoms with Gasteiger partial charge in [-0.25, -0.2) is 4.68 Å². The summed E-state index contributed by atoms with van der Waals surface area (Å²) in [6.45, 7) is 3.47. The van der Waals surface area contributed by atoms with Gasteiger partial charge in [-0.3, -0.25) is 9.59 Å². The highest BCUT2D eigenvalue weighted by molar-refractivity contribution is 6.36. The van der Waals surface area contributed by atoms with Crippen molar-refractivity contribution in [2.24, 2.45) is 5.92 Å². The zero-order valence-electron chi connectivity index (χ0n) is 12.5. The second kappa shape index (κ2) is 7.43. The van der Waals surface area contributed by atoms with Crippen molar-refractivity contribution in [3.63, 3.8) is 0 Å². The van der Waals surface area contributed by atoms with Crippen LogP contribution in [0.3, 0.4) is 0 Å². The maximum absolute atomic E-state index is 12.0. The van der Waals surface area contributed by atoms with Crippen LogP contribution in [0.1, 0.15) is 13.8 Å². The molecule has 0 aliphatic carbocycles. The molecule has 1 aromatic carbocycles. The second-order valence-electron chi connectivity index (χ2n) is 5.12. The smallest absolute Gasteiger partial charge is 0.246 e. The Labute approximate surface area is 143 Å². The predicted octanol–water partition coefficient (Wildman–Crippen LogP) is 2.82. The zero-order chi connectivity index (χ0) is 17.0. The highest BCUT2D eigenvalue weighted by Gasteiger charge is 2.12. The Kier molecular flexibility index (Phi) is 5.57. The Balaban J connectivity index is 1.95. The molecule has 0 aliphatic heterocycles. The van der Waals surface area contributed by atoms with Crippen LogP contribution in [0.25, 0.3) is 0 Å². The number of rotatable bonds is 5. The number of carbonyl (C=O) groups is 2. The van der Waals surface area contributed by atoms with Crippen molar-refractivity contribution in [2.75, 3.05) is 10.6 Å². The van der Waals surface area contributed by atoms with E-state index in [1.165, 1.54) is 16.9 Å². The molecule has 0 fully saturated rings. The van der Waals surface area contributed by atoms with Gasteiger partial charge in [0.05, 0.1) is 16.9 Å². The highest BCUT2D eigenvalue weighted by Crippen LogP contribution is 2.25. The van der Waals surface area contributed by atoms with E-state index < -0.39 is 0 Å². The number of hydrogen-bond donors (Lipinski definition) is 2. The summed E-state index contributed by atoms with van der Waals surface area (Å²) in [7, 11) is 0. The minimum absolute atomic E-state index is 0.0660. The Hall–Kier alpha value is -2.12. The van der Waals surface area contributed by atoms with Crippen LogP contribution in [0.15, 0.2) is 24.4 Å². The molecule has 0 unspecified atom stereocenters. The zero-order valence-corrected chi connectivity index (χ0v) is 14.0. The van der Waals surface area contributed by atoms with Crippen molar-refractivity contribution >= 4 is 46.5 Å². The fourth-order valence-corrected chi connectivity index (χ4v) is 2.09. The molecule has 9 heteroatoms. The van der Waals surface area contributed by atoms with E-state index in [0.717, 1.165) is 0 Å². The number of aromatic nitrogens is 3. The number of hydrogen-bond acceptors (Lipinski definition) is 4. The molecule has 2 N–H and O–H groups in total. The van der Waals surface area contributed by atoms with E-state index >= 15 is 0 Å². The lowest BCUT2D eigenvalue weighted by Gasteiger charge is -2.07. The Morgan fingerprint density at radius 2 is 2.00 bits per heavy atom. The number of nitrogens with one attached hydrogen (secondary N) is 2. The predicted molar refractivity (Wildman–Crippen MR) is 88.6 cm³/mol. The molecule has 1 aromatic heterocycles. The lowest BCUT2D eigenvalue weighted by atomic mass is 10.2. The summed E-state index contributed by atoms with van der Waals surface area (Å²) < 4.78 is 1.31. The summed E-state index contributed by atoms with van der Waals surface area (Å²) in [5.41, 5.74) is 0.453. The molecule has 1 heterocycles. The fourth-order valence-electron chi connectivity index (χ4n) is 1.63. The molecule has 2 rings (SSSR count).